The second kappa shape index (κ2) is 10.6. The second-order valence-electron chi connectivity index (χ2n) is 15.9. The van der Waals surface area contributed by atoms with Crippen LogP contribution in [0.4, 0.5) is 0 Å². The fourth-order valence-corrected chi connectivity index (χ4v) is 8.78. The third kappa shape index (κ3) is 4.36. The van der Waals surface area contributed by atoms with Crippen molar-refractivity contribution in [2.75, 3.05) is 0 Å². The number of rotatable bonds is 3. The molecule has 2 aromatic heterocycles. The molecule has 0 saturated heterocycles. The van der Waals surface area contributed by atoms with Gasteiger partial charge in [0.2, 0.25) is 0 Å². The molecule has 1 aliphatic carbocycles. The van der Waals surface area contributed by atoms with E-state index in [1.165, 1.54) is 93.9 Å². The molecule has 0 unspecified atom stereocenters. The lowest BCUT2D eigenvalue weighted by Crippen LogP contribution is -2.14. The Labute approximate surface area is 299 Å². The quantitative estimate of drug-likeness (QED) is 0.179. The van der Waals surface area contributed by atoms with Gasteiger partial charge in [-0.15, -0.1) is 0 Å². The first-order valence-corrected chi connectivity index (χ1v) is 18.1. The Bertz CT molecular complexity index is 2830. The van der Waals surface area contributed by atoms with Gasteiger partial charge in [0, 0.05) is 38.3 Å². The molecule has 2 heterocycles. The van der Waals surface area contributed by atoms with Crippen LogP contribution in [0.15, 0.2) is 152 Å². The lowest BCUT2D eigenvalue weighted by atomic mass is 9.82. The van der Waals surface area contributed by atoms with Gasteiger partial charge in [0.25, 0.3) is 0 Å². The van der Waals surface area contributed by atoms with Crippen molar-refractivity contribution in [3.05, 3.63) is 168 Å². The van der Waals surface area contributed by atoms with Crippen LogP contribution in [0.1, 0.15) is 51.3 Å². The van der Waals surface area contributed by atoms with Crippen LogP contribution in [0, 0.1) is 0 Å². The highest BCUT2D eigenvalue weighted by Gasteiger charge is 2.36. The Morgan fingerprint density at radius 2 is 0.941 bits per heavy atom. The zero-order valence-electron chi connectivity index (χ0n) is 29.8. The van der Waals surface area contributed by atoms with Crippen LogP contribution in [0.3, 0.4) is 0 Å². The summed E-state index contributed by atoms with van der Waals surface area (Å²) < 4.78 is 4.87. The number of para-hydroxylation sites is 2. The fraction of sp³-hybridized carbons (Fsp3) is 0.143. The molecule has 1 aliphatic rings. The predicted molar refractivity (Wildman–Crippen MR) is 217 cm³/mol. The van der Waals surface area contributed by atoms with Crippen molar-refractivity contribution in [3.8, 4) is 33.6 Å². The first-order valence-electron chi connectivity index (χ1n) is 18.1. The average Bonchev–Trinajstić information content (AvgIpc) is 3.73. The normalized spacial score (nSPS) is 13.7. The molecule has 246 valence electrons. The summed E-state index contributed by atoms with van der Waals surface area (Å²) >= 11 is 0. The molecule has 7 aromatic carbocycles. The van der Waals surface area contributed by atoms with Crippen molar-refractivity contribution in [2.45, 2.75) is 45.4 Å². The lowest BCUT2D eigenvalue weighted by Gasteiger charge is -2.21. The van der Waals surface area contributed by atoms with E-state index in [-0.39, 0.29) is 10.8 Å². The summed E-state index contributed by atoms with van der Waals surface area (Å²) in [4.78, 5) is 0. The summed E-state index contributed by atoms with van der Waals surface area (Å²) in [6.45, 7) is 11.5. The Hall–Kier alpha value is -5.86. The summed E-state index contributed by atoms with van der Waals surface area (Å²) in [6.07, 6.45) is 0. The number of benzene rings is 7. The van der Waals surface area contributed by atoms with Gasteiger partial charge < -0.3 is 9.13 Å². The molecule has 0 aliphatic heterocycles. The molecule has 10 rings (SSSR count). The molecule has 0 atom stereocenters. The van der Waals surface area contributed by atoms with E-state index < -0.39 is 0 Å². The van der Waals surface area contributed by atoms with Gasteiger partial charge >= 0.3 is 0 Å². The van der Waals surface area contributed by atoms with Gasteiger partial charge in [-0.25, -0.2) is 0 Å². The maximum atomic E-state index is 2.46. The number of hydrogen-bond donors (Lipinski definition) is 0. The second-order valence-corrected chi connectivity index (χ2v) is 15.9. The molecule has 0 fully saturated rings. The SMILES string of the molecule is CC(C)(C)c1ccc(-n2c3ccccc3c3ccc(-c4ccc(-n5c6ccccc6c6cc7c(cc65)-c5ccccc5C7(C)C)cc4)cc32)cc1. The monoisotopic (exact) mass is 656 g/mol. The van der Waals surface area contributed by atoms with Crippen molar-refractivity contribution < 1.29 is 0 Å². The van der Waals surface area contributed by atoms with Crippen LogP contribution in [-0.4, -0.2) is 9.13 Å². The zero-order valence-corrected chi connectivity index (χ0v) is 29.8. The van der Waals surface area contributed by atoms with Crippen LogP contribution in [0.25, 0.3) is 77.2 Å². The highest BCUT2D eigenvalue weighted by atomic mass is 15.0. The topological polar surface area (TPSA) is 9.86 Å². The zero-order chi connectivity index (χ0) is 34.6. The Balaban J connectivity index is 1.11. The van der Waals surface area contributed by atoms with Gasteiger partial charge in [0.1, 0.15) is 0 Å². The van der Waals surface area contributed by atoms with Crippen molar-refractivity contribution in [1.82, 2.24) is 9.13 Å². The van der Waals surface area contributed by atoms with E-state index in [0.29, 0.717) is 0 Å². The molecule has 2 heteroatoms. The van der Waals surface area contributed by atoms with Gasteiger partial charge in [0.05, 0.1) is 22.1 Å². The minimum atomic E-state index is -0.0341. The van der Waals surface area contributed by atoms with Gasteiger partial charge in [-0.3, -0.25) is 0 Å². The van der Waals surface area contributed by atoms with Crippen LogP contribution in [0.2, 0.25) is 0 Å². The number of hydrogen-bond acceptors (Lipinski definition) is 0. The van der Waals surface area contributed by atoms with E-state index in [1.807, 2.05) is 0 Å². The van der Waals surface area contributed by atoms with Crippen LogP contribution in [0.5, 0.6) is 0 Å². The lowest BCUT2D eigenvalue weighted by molar-refractivity contribution is 0.590. The minimum Gasteiger partial charge on any atom is -0.309 e. The molecule has 0 N–H and O–H groups in total. The van der Waals surface area contributed by atoms with Crippen molar-refractivity contribution in [2.24, 2.45) is 0 Å². The largest absolute Gasteiger partial charge is 0.309 e. The third-order valence-corrected chi connectivity index (χ3v) is 11.5. The molecule has 0 amide bonds. The van der Waals surface area contributed by atoms with Gasteiger partial charge in [-0.1, -0.05) is 132 Å². The Morgan fingerprint density at radius 1 is 0.412 bits per heavy atom. The fourth-order valence-electron chi connectivity index (χ4n) is 8.78. The molecular weight excluding hydrogens is 617 g/mol. The minimum absolute atomic E-state index is 0.0341. The molecule has 9 aromatic rings. The molecular formula is C49H40N2. The summed E-state index contributed by atoms with van der Waals surface area (Å²) in [5.74, 6) is 0. The smallest absolute Gasteiger partial charge is 0.0547 e. The molecule has 51 heavy (non-hydrogen) atoms. The average molecular weight is 657 g/mol. The summed E-state index contributed by atoms with van der Waals surface area (Å²) in [5, 5.41) is 5.15. The number of nitrogens with zero attached hydrogens (tertiary/aromatic N) is 2. The van der Waals surface area contributed by atoms with E-state index in [1.54, 1.807) is 0 Å². The number of aromatic nitrogens is 2. The van der Waals surface area contributed by atoms with E-state index in [0.717, 1.165) is 0 Å². The van der Waals surface area contributed by atoms with E-state index in [4.69, 9.17) is 0 Å². The third-order valence-electron chi connectivity index (χ3n) is 11.5. The first kappa shape index (κ1) is 30.0. The van der Waals surface area contributed by atoms with Crippen molar-refractivity contribution >= 4 is 43.6 Å². The van der Waals surface area contributed by atoms with E-state index in [2.05, 4.69) is 195 Å². The summed E-state index contributed by atoms with van der Waals surface area (Å²) in [5.41, 5.74) is 16.6. The summed E-state index contributed by atoms with van der Waals surface area (Å²) in [6, 6.07) is 56.6. The van der Waals surface area contributed by atoms with E-state index >= 15 is 0 Å². The molecule has 0 spiro atoms. The molecule has 0 radical (unpaired) electrons. The van der Waals surface area contributed by atoms with Gasteiger partial charge in [0.15, 0.2) is 0 Å². The maximum absolute atomic E-state index is 2.46. The number of fused-ring (bicyclic) bond motifs is 9. The van der Waals surface area contributed by atoms with Crippen LogP contribution >= 0.6 is 0 Å². The maximum Gasteiger partial charge on any atom is 0.0547 e. The molecule has 0 bridgehead atoms. The Kier molecular flexibility index (Phi) is 6.22. The standard InChI is InChI=1S/C49H40N2/c1-48(2,3)33-21-25-35(26-22-33)50-44-16-10-7-13-37(44)39-27-20-32(28-46(39)50)31-18-23-34(24-19-31)51-45-17-11-8-14-38(45)41-29-43-40(30-47(41)51)36-12-6-9-15-42(36)49(43,4)5/h6-30H,1-5H3. The van der Waals surface area contributed by atoms with Crippen LogP contribution < -0.4 is 0 Å². The van der Waals surface area contributed by atoms with Crippen LogP contribution in [-0.2, 0) is 10.8 Å². The van der Waals surface area contributed by atoms with Gasteiger partial charge in [-0.2, -0.15) is 0 Å². The molecule has 2 nitrogen and oxygen atoms in total. The van der Waals surface area contributed by atoms with Crippen molar-refractivity contribution in [3.63, 3.8) is 0 Å². The first-order chi connectivity index (χ1) is 24.7. The Morgan fingerprint density at radius 3 is 1.61 bits per heavy atom. The summed E-state index contributed by atoms with van der Waals surface area (Å²) in [7, 11) is 0. The van der Waals surface area contributed by atoms with Gasteiger partial charge in [-0.05, 0) is 99.0 Å². The molecule has 0 saturated carbocycles. The highest BCUT2D eigenvalue weighted by Crippen LogP contribution is 2.51. The van der Waals surface area contributed by atoms with Crippen molar-refractivity contribution in [1.29, 1.82) is 0 Å². The predicted octanol–water partition coefficient (Wildman–Crippen LogP) is 13.2. The highest BCUT2D eigenvalue weighted by molar-refractivity contribution is 6.12. The van der Waals surface area contributed by atoms with E-state index in [9.17, 15) is 0 Å².